The topological polar surface area (TPSA) is 66.8 Å². The van der Waals surface area contributed by atoms with E-state index in [0.29, 0.717) is 34.8 Å². The molecule has 36 heavy (non-hydrogen) atoms. The Kier molecular flexibility index (Phi) is 6.96. The van der Waals surface area contributed by atoms with Gasteiger partial charge in [-0.2, -0.15) is 13.2 Å². The summed E-state index contributed by atoms with van der Waals surface area (Å²) in [5.41, 5.74) is 0.0871. The van der Waals surface area contributed by atoms with Crippen LogP contribution in [0, 0.1) is 17.2 Å². The van der Waals surface area contributed by atoms with E-state index >= 15 is 4.39 Å². The van der Waals surface area contributed by atoms with Crippen LogP contribution in [0.1, 0.15) is 74.2 Å². The van der Waals surface area contributed by atoms with E-state index in [-0.39, 0.29) is 11.3 Å². The standard InChI is InChI=1S/C27H31F4NO4/c1-4-26(11-15(2)7-16(3)12-26)14-36-23-10-21(28)20(9-19(23)17-5-6-17)24(33)32-13-18(27(29,30)31)8-22(32)25(34)35/h8-10,16-17,22H,2,4-7,11-14H2,1,3H3,(H,34,35)/t16?,22-,26?/m0/s1. The molecule has 1 heterocycles. The first-order chi connectivity index (χ1) is 16.8. The van der Waals surface area contributed by atoms with E-state index in [9.17, 15) is 27.9 Å². The number of carbonyl (C=O) groups is 2. The lowest BCUT2D eigenvalue weighted by Crippen LogP contribution is -2.41. The van der Waals surface area contributed by atoms with Gasteiger partial charge in [-0.05, 0) is 68.1 Å². The van der Waals surface area contributed by atoms with Gasteiger partial charge in [-0.3, -0.25) is 4.79 Å². The molecule has 3 atom stereocenters. The van der Waals surface area contributed by atoms with Crippen molar-refractivity contribution in [1.82, 2.24) is 4.90 Å². The lowest BCUT2D eigenvalue weighted by atomic mass is 9.67. The Labute approximate surface area is 207 Å². The predicted octanol–water partition coefficient (Wildman–Crippen LogP) is 6.25. The molecular weight excluding hydrogens is 478 g/mol. The molecule has 2 fully saturated rings. The predicted molar refractivity (Wildman–Crippen MR) is 125 cm³/mol. The number of hydrogen-bond acceptors (Lipinski definition) is 3. The molecule has 3 aliphatic rings. The zero-order valence-corrected chi connectivity index (χ0v) is 20.5. The van der Waals surface area contributed by atoms with E-state index in [4.69, 9.17) is 4.74 Å². The fourth-order valence-corrected chi connectivity index (χ4v) is 5.62. The molecule has 1 aromatic carbocycles. The number of carboxylic acid groups (broad SMARTS) is 1. The van der Waals surface area contributed by atoms with Gasteiger partial charge in [-0.25, -0.2) is 9.18 Å². The van der Waals surface area contributed by atoms with Crippen LogP contribution in [0.15, 0.2) is 35.9 Å². The summed E-state index contributed by atoms with van der Waals surface area (Å²) in [5.74, 6) is -2.80. The van der Waals surface area contributed by atoms with Crippen LogP contribution in [-0.4, -0.2) is 47.3 Å². The number of ether oxygens (including phenoxy) is 1. The Morgan fingerprint density at radius 1 is 1.28 bits per heavy atom. The maximum Gasteiger partial charge on any atom is 0.414 e. The monoisotopic (exact) mass is 509 g/mol. The van der Waals surface area contributed by atoms with Gasteiger partial charge in [-0.15, -0.1) is 0 Å². The summed E-state index contributed by atoms with van der Waals surface area (Å²) < 4.78 is 61.0. The van der Waals surface area contributed by atoms with Gasteiger partial charge in [0, 0.05) is 11.5 Å². The second-order valence-corrected chi connectivity index (χ2v) is 10.6. The summed E-state index contributed by atoms with van der Waals surface area (Å²) in [6.45, 7) is 7.85. The highest BCUT2D eigenvalue weighted by Gasteiger charge is 2.45. The first-order valence-electron chi connectivity index (χ1n) is 12.3. The minimum absolute atomic E-state index is 0.0580. The highest BCUT2D eigenvalue weighted by atomic mass is 19.4. The molecule has 1 aliphatic heterocycles. The zero-order chi connectivity index (χ0) is 26.4. The summed E-state index contributed by atoms with van der Waals surface area (Å²) in [6.07, 6.45) is 0.989. The highest BCUT2D eigenvalue weighted by Crippen LogP contribution is 2.48. The van der Waals surface area contributed by atoms with Crippen molar-refractivity contribution in [3.8, 4) is 5.75 Å². The maximum absolute atomic E-state index is 15.2. The van der Waals surface area contributed by atoms with E-state index in [2.05, 4.69) is 20.4 Å². The molecule has 1 amide bonds. The number of aliphatic carboxylic acids is 1. The van der Waals surface area contributed by atoms with Crippen molar-refractivity contribution in [2.24, 2.45) is 11.3 Å². The summed E-state index contributed by atoms with van der Waals surface area (Å²) in [4.78, 5) is 25.2. The average molecular weight is 510 g/mol. The largest absolute Gasteiger partial charge is 0.493 e. The average Bonchev–Trinajstić information content (AvgIpc) is 3.51. The molecule has 0 radical (unpaired) electrons. The van der Waals surface area contributed by atoms with Gasteiger partial charge in [0.2, 0.25) is 0 Å². The number of carbonyl (C=O) groups excluding carboxylic acids is 1. The fraction of sp³-hybridized carbons (Fsp3) is 0.556. The molecule has 2 unspecified atom stereocenters. The van der Waals surface area contributed by atoms with Crippen molar-refractivity contribution in [2.75, 3.05) is 13.2 Å². The number of amides is 1. The minimum Gasteiger partial charge on any atom is -0.493 e. The van der Waals surface area contributed by atoms with Gasteiger partial charge in [0.25, 0.3) is 5.91 Å². The molecule has 0 saturated heterocycles. The van der Waals surface area contributed by atoms with Gasteiger partial charge in [-0.1, -0.05) is 26.0 Å². The molecule has 2 saturated carbocycles. The first-order valence-corrected chi connectivity index (χ1v) is 12.3. The summed E-state index contributed by atoms with van der Waals surface area (Å²) in [7, 11) is 0. The van der Waals surface area contributed by atoms with Crippen LogP contribution >= 0.6 is 0 Å². The molecule has 196 valence electrons. The van der Waals surface area contributed by atoms with Crippen LogP contribution in [0.4, 0.5) is 17.6 Å². The number of allylic oxidation sites excluding steroid dienone is 1. The van der Waals surface area contributed by atoms with Crippen molar-refractivity contribution in [3.63, 3.8) is 0 Å². The van der Waals surface area contributed by atoms with Crippen LogP contribution in [0.3, 0.4) is 0 Å². The molecule has 4 rings (SSSR count). The Balaban J connectivity index is 1.60. The normalized spacial score (nSPS) is 26.7. The molecule has 0 aromatic heterocycles. The van der Waals surface area contributed by atoms with Crippen LogP contribution < -0.4 is 4.74 Å². The van der Waals surface area contributed by atoms with Gasteiger partial charge >= 0.3 is 12.1 Å². The van der Waals surface area contributed by atoms with E-state index in [1.54, 1.807) is 0 Å². The second kappa shape index (κ2) is 9.56. The van der Waals surface area contributed by atoms with Crippen molar-refractivity contribution in [2.45, 2.75) is 70.5 Å². The third-order valence-corrected chi connectivity index (χ3v) is 7.59. The van der Waals surface area contributed by atoms with Crippen molar-refractivity contribution in [3.05, 3.63) is 52.9 Å². The van der Waals surface area contributed by atoms with Crippen LogP contribution in [0.5, 0.6) is 5.75 Å². The van der Waals surface area contributed by atoms with E-state index in [0.717, 1.165) is 44.6 Å². The first kappa shape index (κ1) is 26.2. The Morgan fingerprint density at radius 3 is 2.53 bits per heavy atom. The highest BCUT2D eigenvalue weighted by molar-refractivity contribution is 5.98. The van der Waals surface area contributed by atoms with Gasteiger partial charge < -0.3 is 14.7 Å². The summed E-state index contributed by atoms with van der Waals surface area (Å²) in [5, 5.41) is 9.38. The fourth-order valence-electron chi connectivity index (χ4n) is 5.62. The molecule has 1 aromatic rings. The van der Waals surface area contributed by atoms with Crippen LogP contribution in [-0.2, 0) is 4.79 Å². The smallest absolute Gasteiger partial charge is 0.414 e. The minimum atomic E-state index is -4.78. The van der Waals surface area contributed by atoms with Crippen molar-refractivity contribution < 1.29 is 37.0 Å². The van der Waals surface area contributed by atoms with Crippen LogP contribution in [0.25, 0.3) is 0 Å². The molecule has 0 bridgehead atoms. The van der Waals surface area contributed by atoms with Crippen LogP contribution in [0.2, 0.25) is 0 Å². The maximum atomic E-state index is 15.2. The molecule has 5 nitrogen and oxygen atoms in total. The van der Waals surface area contributed by atoms with Gasteiger partial charge in [0.1, 0.15) is 17.6 Å². The van der Waals surface area contributed by atoms with E-state index < -0.39 is 47.6 Å². The second-order valence-electron chi connectivity index (χ2n) is 10.6. The SMILES string of the molecule is C=C1CC(C)CC(CC)(COc2cc(F)c(C(=O)N3CC(C(F)(F)F)=C[C@H]3C(=O)O)cc2C2CC2)C1. The van der Waals surface area contributed by atoms with Gasteiger partial charge in [0.15, 0.2) is 0 Å². The van der Waals surface area contributed by atoms with Crippen molar-refractivity contribution >= 4 is 11.9 Å². The van der Waals surface area contributed by atoms with Gasteiger partial charge in [0.05, 0.1) is 24.3 Å². The van der Waals surface area contributed by atoms with E-state index in [1.807, 2.05) is 0 Å². The third kappa shape index (κ3) is 5.30. The lowest BCUT2D eigenvalue weighted by molar-refractivity contribution is -0.140. The lowest BCUT2D eigenvalue weighted by Gasteiger charge is -2.40. The number of carboxylic acids is 1. The Bertz CT molecular complexity index is 1110. The number of benzene rings is 1. The number of alkyl halides is 3. The van der Waals surface area contributed by atoms with Crippen molar-refractivity contribution in [1.29, 1.82) is 0 Å². The molecule has 0 spiro atoms. The summed E-state index contributed by atoms with van der Waals surface area (Å²) >= 11 is 0. The Hall–Kier alpha value is -2.84. The summed E-state index contributed by atoms with van der Waals surface area (Å²) in [6, 6.07) is 0.630. The quantitative estimate of drug-likeness (QED) is 0.348. The molecular formula is C27H31F4NO4. The van der Waals surface area contributed by atoms with E-state index in [1.165, 1.54) is 11.6 Å². The third-order valence-electron chi connectivity index (χ3n) is 7.59. The molecule has 2 aliphatic carbocycles. The Morgan fingerprint density at radius 2 is 1.97 bits per heavy atom. The molecule has 9 heteroatoms. The molecule has 1 N–H and O–H groups in total. The number of halogens is 4. The zero-order valence-electron chi connectivity index (χ0n) is 20.5. The number of rotatable bonds is 7. The number of hydrogen-bond donors (Lipinski definition) is 1. The number of nitrogens with zero attached hydrogens (tertiary/aromatic N) is 1.